The zero-order chi connectivity index (χ0) is 19.2. The smallest absolute Gasteiger partial charge is 0.270 e. The van der Waals surface area contributed by atoms with Crippen molar-refractivity contribution in [3.8, 4) is 0 Å². The van der Waals surface area contributed by atoms with Gasteiger partial charge >= 0.3 is 0 Å². The zero-order valence-corrected chi connectivity index (χ0v) is 16.5. The maximum atomic E-state index is 12.7. The fourth-order valence-corrected chi connectivity index (χ4v) is 4.28. The first-order chi connectivity index (χ1) is 13.8. The molecule has 0 spiro atoms. The average molecular weight is 379 g/mol. The van der Waals surface area contributed by atoms with Crippen molar-refractivity contribution >= 4 is 17.3 Å². The maximum absolute atomic E-state index is 12.7. The molecule has 1 aliphatic carbocycles. The molecular weight excluding hydrogens is 348 g/mol. The van der Waals surface area contributed by atoms with E-state index in [1.807, 2.05) is 12.1 Å². The molecule has 1 N–H and O–H groups in total. The van der Waals surface area contributed by atoms with Gasteiger partial charge in [0.05, 0.1) is 0 Å². The molecule has 5 nitrogen and oxygen atoms in total. The Hall–Kier alpha value is -2.56. The maximum Gasteiger partial charge on any atom is 0.270 e. The Morgan fingerprint density at radius 1 is 0.857 bits per heavy atom. The summed E-state index contributed by atoms with van der Waals surface area (Å²) >= 11 is 0. The number of para-hydroxylation sites is 1. The van der Waals surface area contributed by atoms with Crippen LogP contribution in [0.5, 0.6) is 0 Å². The fraction of sp³-hybridized carbons (Fsp3) is 0.478. The van der Waals surface area contributed by atoms with Crippen LogP contribution in [-0.2, 0) is 0 Å². The fourth-order valence-electron chi connectivity index (χ4n) is 4.28. The topological polar surface area (TPSA) is 48.5 Å². The molecule has 2 aromatic rings. The van der Waals surface area contributed by atoms with E-state index in [1.165, 1.54) is 31.4 Å². The standard InChI is InChI=1S/C23H30N4O/c28-23(25-19-8-4-1-2-5-9-19)22-18-21(12-13-24-22)27-16-14-26(15-17-27)20-10-6-3-7-11-20/h3,6-7,10-13,18-19H,1-2,4-5,8-9,14-17H2,(H,25,28). The first kappa shape index (κ1) is 18.8. The van der Waals surface area contributed by atoms with Gasteiger partial charge in [-0.3, -0.25) is 9.78 Å². The molecule has 1 amide bonds. The predicted molar refractivity (Wildman–Crippen MR) is 114 cm³/mol. The molecule has 1 aromatic heterocycles. The summed E-state index contributed by atoms with van der Waals surface area (Å²) in [7, 11) is 0. The summed E-state index contributed by atoms with van der Waals surface area (Å²) in [4.78, 5) is 21.8. The molecule has 1 saturated carbocycles. The first-order valence-corrected chi connectivity index (χ1v) is 10.6. The number of carbonyl (C=O) groups is 1. The Balaban J connectivity index is 1.36. The highest BCUT2D eigenvalue weighted by Crippen LogP contribution is 2.21. The van der Waals surface area contributed by atoms with Crippen LogP contribution in [-0.4, -0.2) is 43.1 Å². The van der Waals surface area contributed by atoms with Gasteiger partial charge in [-0.05, 0) is 37.1 Å². The molecule has 2 heterocycles. The average Bonchev–Trinajstić information content (AvgIpc) is 3.03. The van der Waals surface area contributed by atoms with Gasteiger partial charge in [0.25, 0.3) is 5.91 Å². The number of rotatable bonds is 4. The molecule has 1 saturated heterocycles. The summed E-state index contributed by atoms with van der Waals surface area (Å²) < 4.78 is 0. The van der Waals surface area contributed by atoms with Gasteiger partial charge in [0.2, 0.25) is 0 Å². The van der Waals surface area contributed by atoms with E-state index in [1.54, 1.807) is 6.20 Å². The van der Waals surface area contributed by atoms with E-state index in [-0.39, 0.29) is 5.91 Å². The Labute approximate surface area is 167 Å². The molecule has 4 rings (SSSR count). The van der Waals surface area contributed by atoms with Gasteiger partial charge in [0, 0.05) is 49.8 Å². The number of pyridine rings is 1. The van der Waals surface area contributed by atoms with E-state index >= 15 is 0 Å². The number of hydrogen-bond acceptors (Lipinski definition) is 4. The van der Waals surface area contributed by atoms with E-state index < -0.39 is 0 Å². The molecular formula is C23H30N4O. The van der Waals surface area contributed by atoms with Crippen LogP contribution in [0.15, 0.2) is 48.7 Å². The van der Waals surface area contributed by atoms with Gasteiger partial charge in [0.1, 0.15) is 5.69 Å². The van der Waals surface area contributed by atoms with Crippen molar-refractivity contribution < 1.29 is 4.79 Å². The summed E-state index contributed by atoms with van der Waals surface area (Å²) in [5.41, 5.74) is 2.90. The first-order valence-electron chi connectivity index (χ1n) is 10.6. The SMILES string of the molecule is O=C(NC1CCCCCC1)c1cc(N2CCN(c3ccccc3)CC2)ccn1. The number of amides is 1. The van der Waals surface area contributed by atoms with Crippen molar-refractivity contribution in [2.75, 3.05) is 36.0 Å². The summed E-state index contributed by atoms with van der Waals surface area (Å²) in [6.45, 7) is 3.86. The van der Waals surface area contributed by atoms with Crippen molar-refractivity contribution in [2.24, 2.45) is 0 Å². The summed E-state index contributed by atoms with van der Waals surface area (Å²) in [5.74, 6) is -0.0309. The number of anilines is 2. The minimum Gasteiger partial charge on any atom is -0.368 e. The van der Waals surface area contributed by atoms with Crippen LogP contribution in [0.4, 0.5) is 11.4 Å². The van der Waals surface area contributed by atoms with Crippen molar-refractivity contribution in [1.82, 2.24) is 10.3 Å². The van der Waals surface area contributed by atoms with Crippen molar-refractivity contribution in [3.63, 3.8) is 0 Å². The third kappa shape index (κ3) is 4.64. The summed E-state index contributed by atoms with van der Waals surface area (Å²) in [6.07, 6.45) is 8.94. The lowest BCUT2D eigenvalue weighted by Gasteiger charge is -2.37. The summed E-state index contributed by atoms with van der Waals surface area (Å²) in [5, 5.41) is 3.21. The number of hydrogen-bond donors (Lipinski definition) is 1. The molecule has 0 bridgehead atoms. The second-order valence-electron chi connectivity index (χ2n) is 7.87. The lowest BCUT2D eigenvalue weighted by molar-refractivity contribution is 0.0928. The second kappa shape index (κ2) is 9.09. The van der Waals surface area contributed by atoms with Crippen LogP contribution in [0.1, 0.15) is 49.0 Å². The highest BCUT2D eigenvalue weighted by atomic mass is 16.1. The van der Waals surface area contributed by atoms with Gasteiger partial charge in [-0.2, -0.15) is 0 Å². The van der Waals surface area contributed by atoms with Gasteiger partial charge in [0.15, 0.2) is 0 Å². The summed E-state index contributed by atoms with van der Waals surface area (Å²) in [6, 6.07) is 14.8. The van der Waals surface area contributed by atoms with Crippen LogP contribution in [0.25, 0.3) is 0 Å². The van der Waals surface area contributed by atoms with Crippen molar-refractivity contribution in [3.05, 3.63) is 54.4 Å². The lowest BCUT2D eigenvalue weighted by Crippen LogP contribution is -2.46. The third-order valence-corrected chi connectivity index (χ3v) is 5.93. The van der Waals surface area contributed by atoms with Gasteiger partial charge < -0.3 is 15.1 Å². The minimum absolute atomic E-state index is 0.0309. The number of aromatic nitrogens is 1. The van der Waals surface area contributed by atoms with E-state index in [4.69, 9.17) is 0 Å². The second-order valence-corrected chi connectivity index (χ2v) is 7.87. The quantitative estimate of drug-likeness (QED) is 0.821. The van der Waals surface area contributed by atoms with Crippen LogP contribution in [0, 0.1) is 0 Å². The Morgan fingerprint density at radius 3 is 2.18 bits per heavy atom. The third-order valence-electron chi connectivity index (χ3n) is 5.93. The van der Waals surface area contributed by atoms with E-state index in [9.17, 15) is 4.79 Å². The largest absolute Gasteiger partial charge is 0.368 e. The number of nitrogens with zero attached hydrogens (tertiary/aromatic N) is 3. The predicted octanol–water partition coefficient (Wildman–Crippen LogP) is 3.86. The molecule has 2 aliphatic rings. The monoisotopic (exact) mass is 378 g/mol. The van der Waals surface area contributed by atoms with Gasteiger partial charge in [-0.1, -0.05) is 43.9 Å². The molecule has 148 valence electrons. The molecule has 0 atom stereocenters. The van der Waals surface area contributed by atoms with Crippen LogP contribution in [0.3, 0.4) is 0 Å². The molecule has 0 unspecified atom stereocenters. The Kier molecular flexibility index (Phi) is 6.10. The molecule has 28 heavy (non-hydrogen) atoms. The zero-order valence-electron chi connectivity index (χ0n) is 16.5. The Morgan fingerprint density at radius 2 is 1.50 bits per heavy atom. The van der Waals surface area contributed by atoms with E-state index in [0.717, 1.165) is 44.7 Å². The van der Waals surface area contributed by atoms with Gasteiger partial charge in [-0.15, -0.1) is 0 Å². The molecule has 2 fully saturated rings. The van der Waals surface area contributed by atoms with Crippen LogP contribution in [0.2, 0.25) is 0 Å². The number of benzene rings is 1. The molecule has 1 aliphatic heterocycles. The lowest BCUT2D eigenvalue weighted by atomic mass is 10.1. The number of nitrogens with one attached hydrogen (secondary N) is 1. The normalized spacial score (nSPS) is 18.6. The van der Waals surface area contributed by atoms with E-state index in [2.05, 4.69) is 50.4 Å². The van der Waals surface area contributed by atoms with Crippen molar-refractivity contribution in [1.29, 1.82) is 0 Å². The number of carbonyl (C=O) groups excluding carboxylic acids is 1. The highest BCUT2D eigenvalue weighted by Gasteiger charge is 2.20. The highest BCUT2D eigenvalue weighted by molar-refractivity contribution is 5.93. The molecule has 1 aromatic carbocycles. The minimum atomic E-state index is -0.0309. The number of piperazine rings is 1. The Bertz CT molecular complexity index is 763. The molecule has 5 heteroatoms. The van der Waals surface area contributed by atoms with Crippen LogP contribution < -0.4 is 15.1 Å². The van der Waals surface area contributed by atoms with Gasteiger partial charge in [-0.25, -0.2) is 0 Å². The molecule has 0 radical (unpaired) electrons. The van der Waals surface area contributed by atoms with Crippen LogP contribution >= 0.6 is 0 Å². The van der Waals surface area contributed by atoms with E-state index in [0.29, 0.717) is 11.7 Å². The van der Waals surface area contributed by atoms with Crippen molar-refractivity contribution in [2.45, 2.75) is 44.6 Å².